The van der Waals surface area contributed by atoms with E-state index in [1.165, 1.54) is 17.3 Å². The molecule has 0 saturated carbocycles. The second-order valence-electron chi connectivity index (χ2n) is 8.18. The summed E-state index contributed by atoms with van der Waals surface area (Å²) < 4.78 is 2.00. The number of nitrogens with one attached hydrogen (secondary N) is 2. The van der Waals surface area contributed by atoms with E-state index in [-0.39, 0.29) is 24.1 Å². The van der Waals surface area contributed by atoms with Gasteiger partial charge in [0, 0.05) is 18.1 Å². The lowest BCUT2D eigenvalue weighted by molar-refractivity contribution is -0.122. The van der Waals surface area contributed by atoms with Gasteiger partial charge in [-0.2, -0.15) is 0 Å². The number of anilines is 1. The zero-order valence-corrected chi connectivity index (χ0v) is 20.0. The van der Waals surface area contributed by atoms with Crippen LogP contribution in [0.25, 0.3) is 5.69 Å². The van der Waals surface area contributed by atoms with Gasteiger partial charge in [-0.25, -0.2) is 4.98 Å². The zero-order valence-electron chi connectivity index (χ0n) is 19.2. The Kier molecular flexibility index (Phi) is 7.75. The van der Waals surface area contributed by atoms with Gasteiger partial charge in [0.05, 0.1) is 18.0 Å². The fraction of sp³-hybridized carbons (Fsp3) is 0.320. The first-order valence-electron chi connectivity index (χ1n) is 10.7. The number of hydrogen-bond acceptors (Lipinski definition) is 4. The van der Waals surface area contributed by atoms with Gasteiger partial charge in [-0.1, -0.05) is 61.5 Å². The monoisotopic (exact) mass is 450 g/mol. The molecule has 2 amide bonds. The van der Waals surface area contributed by atoms with Crippen molar-refractivity contribution in [3.63, 3.8) is 0 Å². The largest absolute Gasteiger partial charge is 0.346 e. The average Bonchev–Trinajstić information content (AvgIpc) is 3.21. The summed E-state index contributed by atoms with van der Waals surface area (Å²) in [5.41, 5.74) is 6.24. The number of carbonyl (C=O) groups is 2. The molecule has 0 aliphatic rings. The van der Waals surface area contributed by atoms with Crippen LogP contribution in [0.3, 0.4) is 0 Å². The Labute approximate surface area is 193 Å². The number of benzene rings is 2. The molecule has 0 spiro atoms. The number of amides is 2. The summed E-state index contributed by atoms with van der Waals surface area (Å²) in [4.78, 5) is 29.1. The lowest BCUT2D eigenvalue weighted by atomic mass is 10.0. The Morgan fingerprint density at radius 3 is 2.44 bits per heavy atom. The summed E-state index contributed by atoms with van der Waals surface area (Å²) in [5, 5.41) is 6.34. The molecule has 2 N–H and O–H groups in total. The highest BCUT2D eigenvalue weighted by Gasteiger charge is 2.14. The van der Waals surface area contributed by atoms with Crippen molar-refractivity contribution in [2.24, 2.45) is 0 Å². The molecule has 0 atom stereocenters. The topological polar surface area (TPSA) is 76.0 Å². The maximum atomic E-state index is 12.3. The van der Waals surface area contributed by atoms with E-state index in [0.717, 1.165) is 33.2 Å². The molecule has 3 rings (SSSR count). The lowest BCUT2D eigenvalue weighted by Gasteiger charge is -2.15. The SMILES string of the molecule is Cc1cc(C)c(NC(=O)CNC(=O)CSc2nccn2-c2ccccc2C(C)C)c(C)c1. The summed E-state index contributed by atoms with van der Waals surface area (Å²) >= 11 is 1.35. The van der Waals surface area contributed by atoms with Gasteiger partial charge in [0.2, 0.25) is 11.8 Å². The van der Waals surface area contributed by atoms with Gasteiger partial charge in [-0.15, -0.1) is 0 Å². The van der Waals surface area contributed by atoms with Crippen LogP contribution in [0.2, 0.25) is 0 Å². The van der Waals surface area contributed by atoms with E-state index in [2.05, 4.69) is 41.6 Å². The normalized spacial score (nSPS) is 10.9. The molecule has 2 aromatic carbocycles. The maximum Gasteiger partial charge on any atom is 0.243 e. The van der Waals surface area contributed by atoms with Crippen molar-refractivity contribution in [1.29, 1.82) is 0 Å². The van der Waals surface area contributed by atoms with Crippen molar-refractivity contribution in [3.8, 4) is 5.69 Å². The number of nitrogens with zero attached hydrogens (tertiary/aromatic N) is 2. The van der Waals surface area contributed by atoms with Crippen LogP contribution < -0.4 is 10.6 Å². The molecule has 0 aliphatic heterocycles. The molecule has 0 fully saturated rings. The van der Waals surface area contributed by atoms with Crippen LogP contribution in [0.5, 0.6) is 0 Å². The molecule has 6 nitrogen and oxygen atoms in total. The van der Waals surface area contributed by atoms with Gasteiger partial charge in [0.15, 0.2) is 5.16 Å². The van der Waals surface area contributed by atoms with Crippen molar-refractivity contribution in [2.45, 2.75) is 45.7 Å². The molecular weight excluding hydrogens is 420 g/mol. The number of imidazole rings is 1. The van der Waals surface area contributed by atoms with Crippen LogP contribution in [0.15, 0.2) is 53.9 Å². The van der Waals surface area contributed by atoms with Crippen molar-refractivity contribution in [3.05, 3.63) is 71.0 Å². The molecule has 0 saturated heterocycles. The molecule has 0 radical (unpaired) electrons. The molecule has 168 valence electrons. The van der Waals surface area contributed by atoms with E-state index in [9.17, 15) is 9.59 Å². The highest BCUT2D eigenvalue weighted by atomic mass is 32.2. The van der Waals surface area contributed by atoms with Crippen LogP contribution >= 0.6 is 11.8 Å². The first-order chi connectivity index (χ1) is 15.3. The van der Waals surface area contributed by atoms with Crippen molar-refractivity contribution in [1.82, 2.24) is 14.9 Å². The van der Waals surface area contributed by atoms with Crippen molar-refractivity contribution in [2.75, 3.05) is 17.6 Å². The third-order valence-corrected chi connectivity index (χ3v) is 6.11. The van der Waals surface area contributed by atoms with Gasteiger partial charge in [0.1, 0.15) is 0 Å². The molecule has 0 bridgehead atoms. The predicted octanol–water partition coefficient (Wildman–Crippen LogP) is 4.77. The highest BCUT2D eigenvalue weighted by Crippen LogP contribution is 2.27. The molecule has 1 heterocycles. The Balaban J connectivity index is 1.56. The van der Waals surface area contributed by atoms with Crippen LogP contribution in [0.1, 0.15) is 42.0 Å². The minimum absolute atomic E-state index is 0.0726. The third kappa shape index (κ3) is 5.79. The van der Waals surface area contributed by atoms with Gasteiger partial charge in [-0.3, -0.25) is 14.2 Å². The van der Waals surface area contributed by atoms with E-state index in [1.54, 1.807) is 6.20 Å². The minimum Gasteiger partial charge on any atom is -0.346 e. The quantitative estimate of drug-likeness (QED) is 0.485. The first-order valence-corrected chi connectivity index (χ1v) is 11.6. The average molecular weight is 451 g/mol. The van der Waals surface area contributed by atoms with Gasteiger partial charge in [-0.05, 0) is 49.4 Å². The van der Waals surface area contributed by atoms with Crippen molar-refractivity contribution < 1.29 is 9.59 Å². The van der Waals surface area contributed by atoms with E-state index in [0.29, 0.717) is 5.92 Å². The van der Waals surface area contributed by atoms with Gasteiger partial charge < -0.3 is 10.6 Å². The Hall–Kier alpha value is -3.06. The number of para-hydroxylation sites is 1. The van der Waals surface area contributed by atoms with Crippen LogP contribution in [0, 0.1) is 20.8 Å². The Morgan fingerprint density at radius 1 is 1.06 bits per heavy atom. The smallest absolute Gasteiger partial charge is 0.243 e. The molecule has 0 aliphatic carbocycles. The van der Waals surface area contributed by atoms with Crippen LogP contribution in [-0.2, 0) is 9.59 Å². The molecule has 1 aromatic heterocycles. The Morgan fingerprint density at radius 2 is 1.75 bits per heavy atom. The highest BCUT2D eigenvalue weighted by molar-refractivity contribution is 7.99. The maximum absolute atomic E-state index is 12.3. The summed E-state index contributed by atoms with van der Waals surface area (Å²) in [5.74, 6) is 0.0884. The molecule has 0 unspecified atom stereocenters. The van der Waals surface area contributed by atoms with E-state index in [4.69, 9.17) is 0 Å². The fourth-order valence-corrected chi connectivity index (χ4v) is 4.49. The van der Waals surface area contributed by atoms with E-state index >= 15 is 0 Å². The zero-order chi connectivity index (χ0) is 23.3. The van der Waals surface area contributed by atoms with Crippen molar-refractivity contribution >= 4 is 29.3 Å². The number of carbonyl (C=O) groups excluding carboxylic acids is 2. The summed E-state index contributed by atoms with van der Waals surface area (Å²) in [6, 6.07) is 12.2. The fourth-order valence-electron chi connectivity index (χ4n) is 3.70. The van der Waals surface area contributed by atoms with Gasteiger partial charge in [0.25, 0.3) is 0 Å². The van der Waals surface area contributed by atoms with Crippen LogP contribution in [-0.4, -0.2) is 33.7 Å². The van der Waals surface area contributed by atoms with E-state index < -0.39 is 0 Å². The van der Waals surface area contributed by atoms with E-state index in [1.807, 2.05) is 55.8 Å². The summed E-state index contributed by atoms with van der Waals surface area (Å²) in [6.45, 7) is 10.2. The Bertz CT molecular complexity index is 1100. The number of aromatic nitrogens is 2. The lowest BCUT2D eigenvalue weighted by Crippen LogP contribution is -2.34. The second-order valence-corrected chi connectivity index (χ2v) is 9.12. The predicted molar refractivity (Wildman–Crippen MR) is 131 cm³/mol. The molecule has 32 heavy (non-hydrogen) atoms. The number of aryl methyl sites for hydroxylation is 3. The van der Waals surface area contributed by atoms with Crippen LogP contribution in [0.4, 0.5) is 5.69 Å². The third-order valence-electron chi connectivity index (χ3n) is 5.15. The molecule has 7 heteroatoms. The minimum atomic E-state index is -0.245. The molecule has 3 aromatic rings. The first kappa shape index (κ1) is 23.6. The number of hydrogen-bond donors (Lipinski definition) is 2. The number of thioether (sulfide) groups is 1. The summed E-state index contributed by atoms with van der Waals surface area (Å²) in [7, 11) is 0. The second kappa shape index (κ2) is 10.5. The van der Waals surface area contributed by atoms with Gasteiger partial charge >= 0.3 is 0 Å². The standard InChI is InChI=1S/C25H30N4O2S/c1-16(2)20-8-6-7-9-21(20)29-11-10-26-25(29)32-15-23(31)27-14-22(30)28-24-18(4)12-17(3)13-19(24)5/h6-13,16H,14-15H2,1-5H3,(H,27,31)(H,28,30). The number of rotatable bonds is 8. The molecular formula is C25H30N4O2S. The summed E-state index contributed by atoms with van der Waals surface area (Å²) in [6.07, 6.45) is 3.64.